The maximum Gasteiger partial charge on any atom is 0.307 e. The molecule has 0 aliphatic rings. The molecule has 92 valence electrons. The van der Waals surface area contributed by atoms with Crippen LogP contribution in [0.1, 0.15) is 12.5 Å². The molecule has 0 aliphatic carbocycles. The smallest absolute Gasteiger partial charge is 0.307 e. The minimum atomic E-state index is -0.874. The van der Waals surface area contributed by atoms with Crippen molar-refractivity contribution in [2.24, 2.45) is 0 Å². The summed E-state index contributed by atoms with van der Waals surface area (Å²) in [4.78, 5) is 21.6. The van der Waals surface area contributed by atoms with Crippen LogP contribution in [-0.2, 0) is 16.0 Å². The molecule has 0 bridgehead atoms. The van der Waals surface area contributed by atoms with Gasteiger partial charge in [0.2, 0.25) is 0 Å². The topological polar surface area (TPSA) is 75.6 Å². The van der Waals surface area contributed by atoms with Crippen LogP contribution >= 0.6 is 0 Å². The lowest BCUT2D eigenvalue weighted by Gasteiger charge is -2.06. The lowest BCUT2D eigenvalue weighted by molar-refractivity contribution is -0.136. The van der Waals surface area contributed by atoms with Gasteiger partial charge in [-0.1, -0.05) is 12.1 Å². The second-order valence-corrected chi connectivity index (χ2v) is 3.46. The molecule has 0 radical (unpaired) electrons. The molecule has 0 unspecified atom stereocenters. The zero-order valence-corrected chi connectivity index (χ0v) is 9.60. The molecule has 0 aliphatic heterocycles. The lowest BCUT2D eigenvalue weighted by Crippen LogP contribution is -2.28. The van der Waals surface area contributed by atoms with Gasteiger partial charge in [0.1, 0.15) is 5.75 Å². The molecule has 0 saturated carbocycles. The van der Waals surface area contributed by atoms with Crippen LogP contribution < -0.4 is 10.1 Å². The van der Waals surface area contributed by atoms with Gasteiger partial charge in [-0.3, -0.25) is 9.59 Å². The van der Waals surface area contributed by atoms with E-state index in [4.69, 9.17) is 9.84 Å². The normalized spacial score (nSPS) is 9.71. The number of likely N-dealkylation sites (N-methyl/N-ethyl adjacent to an activating group) is 1. The van der Waals surface area contributed by atoms with Crippen molar-refractivity contribution in [2.75, 3.05) is 13.2 Å². The van der Waals surface area contributed by atoms with Crippen molar-refractivity contribution in [1.29, 1.82) is 0 Å². The first-order valence-corrected chi connectivity index (χ1v) is 5.32. The summed E-state index contributed by atoms with van der Waals surface area (Å²) in [5, 5.41) is 11.2. The number of hydrogen-bond donors (Lipinski definition) is 2. The molecule has 0 atom stereocenters. The van der Waals surface area contributed by atoms with Crippen LogP contribution in [0.5, 0.6) is 5.75 Å². The highest BCUT2D eigenvalue weighted by molar-refractivity contribution is 5.77. The predicted molar refractivity (Wildman–Crippen MR) is 62.0 cm³/mol. The molecule has 5 nitrogen and oxygen atoms in total. The molecule has 0 aromatic heterocycles. The van der Waals surface area contributed by atoms with Crippen LogP contribution in [0.15, 0.2) is 24.3 Å². The van der Waals surface area contributed by atoms with Gasteiger partial charge in [0.15, 0.2) is 6.61 Å². The summed E-state index contributed by atoms with van der Waals surface area (Å²) >= 11 is 0. The molecule has 17 heavy (non-hydrogen) atoms. The Morgan fingerprint density at radius 3 is 2.47 bits per heavy atom. The first kappa shape index (κ1) is 13.0. The Balaban J connectivity index is 2.45. The number of carboxylic acids is 1. The lowest BCUT2D eigenvalue weighted by atomic mass is 10.1. The monoisotopic (exact) mass is 237 g/mol. The van der Waals surface area contributed by atoms with E-state index in [9.17, 15) is 9.59 Å². The standard InChI is InChI=1S/C12H15NO4/c1-2-13-11(14)8-17-10-5-3-9(4-6-10)7-12(15)16/h3-6H,2,7-8H2,1H3,(H,13,14)(H,15,16). The average molecular weight is 237 g/mol. The Morgan fingerprint density at radius 1 is 1.29 bits per heavy atom. The number of rotatable bonds is 6. The number of benzene rings is 1. The zero-order valence-electron chi connectivity index (χ0n) is 9.60. The van der Waals surface area contributed by atoms with Gasteiger partial charge in [0.25, 0.3) is 5.91 Å². The minimum absolute atomic E-state index is 0.0173. The molecular weight excluding hydrogens is 222 g/mol. The number of hydrogen-bond acceptors (Lipinski definition) is 3. The highest BCUT2D eigenvalue weighted by atomic mass is 16.5. The van der Waals surface area contributed by atoms with Crippen molar-refractivity contribution >= 4 is 11.9 Å². The summed E-state index contributed by atoms with van der Waals surface area (Å²) in [7, 11) is 0. The number of amides is 1. The molecule has 0 spiro atoms. The first-order chi connectivity index (χ1) is 8.11. The van der Waals surface area contributed by atoms with E-state index in [1.165, 1.54) is 0 Å². The number of carbonyl (C=O) groups excluding carboxylic acids is 1. The molecule has 1 aromatic carbocycles. The van der Waals surface area contributed by atoms with E-state index in [-0.39, 0.29) is 18.9 Å². The van der Waals surface area contributed by atoms with Gasteiger partial charge < -0.3 is 15.2 Å². The third kappa shape index (κ3) is 5.01. The highest BCUT2D eigenvalue weighted by Gasteiger charge is 2.03. The Labute approximate surface area is 99.4 Å². The van der Waals surface area contributed by atoms with E-state index in [0.29, 0.717) is 17.9 Å². The molecule has 1 aromatic rings. The number of carboxylic acid groups (broad SMARTS) is 1. The zero-order chi connectivity index (χ0) is 12.7. The molecule has 0 fully saturated rings. The van der Waals surface area contributed by atoms with Gasteiger partial charge >= 0.3 is 5.97 Å². The first-order valence-electron chi connectivity index (χ1n) is 5.32. The Morgan fingerprint density at radius 2 is 1.94 bits per heavy atom. The fourth-order valence-corrected chi connectivity index (χ4v) is 1.28. The summed E-state index contributed by atoms with van der Waals surface area (Å²) in [6, 6.07) is 6.64. The largest absolute Gasteiger partial charge is 0.484 e. The molecule has 5 heteroatoms. The summed E-state index contributed by atoms with van der Waals surface area (Å²) in [5.41, 5.74) is 0.697. The van der Waals surface area contributed by atoms with Gasteiger partial charge in [0, 0.05) is 6.54 Å². The van der Waals surface area contributed by atoms with Gasteiger partial charge in [-0.2, -0.15) is 0 Å². The Bertz CT molecular complexity index is 386. The van der Waals surface area contributed by atoms with Crippen LogP contribution in [0, 0.1) is 0 Å². The fourth-order valence-electron chi connectivity index (χ4n) is 1.28. The van der Waals surface area contributed by atoms with Gasteiger partial charge in [-0.15, -0.1) is 0 Å². The van der Waals surface area contributed by atoms with E-state index in [1.54, 1.807) is 24.3 Å². The molecule has 2 N–H and O–H groups in total. The Hall–Kier alpha value is -2.04. The quantitative estimate of drug-likeness (QED) is 0.768. The van der Waals surface area contributed by atoms with Gasteiger partial charge in [-0.05, 0) is 24.6 Å². The SMILES string of the molecule is CCNC(=O)COc1ccc(CC(=O)O)cc1. The molecular formula is C12H15NO4. The van der Waals surface area contributed by atoms with Crippen LogP contribution in [0.3, 0.4) is 0 Å². The summed E-state index contributed by atoms with van der Waals surface area (Å²) in [6.45, 7) is 2.37. The highest BCUT2D eigenvalue weighted by Crippen LogP contribution is 2.12. The van der Waals surface area contributed by atoms with Crippen molar-refractivity contribution in [3.05, 3.63) is 29.8 Å². The van der Waals surface area contributed by atoms with Crippen molar-refractivity contribution in [1.82, 2.24) is 5.32 Å². The van der Waals surface area contributed by atoms with Crippen LogP contribution in [0.4, 0.5) is 0 Å². The second kappa shape index (κ2) is 6.52. The van der Waals surface area contributed by atoms with E-state index < -0.39 is 5.97 Å². The average Bonchev–Trinajstić information content (AvgIpc) is 2.28. The third-order valence-corrected chi connectivity index (χ3v) is 2.02. The molecule has 0 saturated heterocycles. The maximum absolute atomic E-state index is 11.1. The van der Waals surface area contributed by atoms with Crippen molar-refractivity contribution < 1.29 is 19.4 Å². The van der Waals surface area contributed by atoms with Gasteiger partial charge in [-0.25, -0.2) is 0 Å². The number of ether oxygens (including phenoxy) is 1. The molecule has 0 heterocycles. The number of carbonyl (C=O) groups is 2. The maximum atomic E-state index is 11.1. The summed E-state index contributed by atoms with van der Waals surface area (Å²) in [6.07, 6.45) is -0.0173. The molecule has 1 rings (SSSR count). The van der Waals surface area contributed by atoms with E-state index in [1.807, 2.05) is 6.92 Å². The predicted octanol–water partition coefficient (Wildman–Crippen LogP) is 0.829. The third-order valence-electron chi connectivity index (χ3n) is 2.02. The minimum Gasteiger partial charge on any atom is -0.484 e. The number of aliphatic carboxylic acids is 1. The van der Waals surface area contributed by atoms with E-state index >= 15 is 0 Å². The fraction of sp³-hybridized carbons (Fsp3) is 0.333. The second-order valence-electron chi connectivity index (χ2n) is 3.46. The van der Waals surface area contributed by atoms with Crippen LogP contribution in [0.2, 0.25) is 0 Å². The molecule has 1 amide bonds. The van der Waals surface area contributed by atoms with Gasteiger partial charge in [0.05, 0.1) is 6.42 Å². The van der Waals surface area contributed by atoms with Crippen molar-refractivity contribution in [3.8, 4) is 5.75 Å². The van der Waals surface area contributed by atoms with Crippen molar-refractivity contribution in [3.63, 3.8) is 0 Å². The summed E-state index contributed by atoms with van der Waals surface area (Å²) < 4.78 is 5.22. The van der Waals surface area contributed by atoms with Crippen LogP contribution in [0.25, 0.3) is 0 Å². The van der Waals surface area contributed by atoms with E-state index in [0.717, 1.165) is 0 Å². The van der Waals surface area contributed by atoms with Crippen LogP contribution in [-0.4, -0.2) is 30.1 Å². The van der Waals surface area contributed by atoms with Crippen molar-refractivity contribution in [2.45, 2.75) is 13.3 Å². The van der Waals surface area contributed by atoms with E-state index in [2.05, 4.69) is 5.32 Å². The summed E-state index contributed by atoms with van der Waals surface area (Å²) in [5.74, 6) is -0.506. The Kier molecular flexibility index (Phi) is 5.00. The number of nitrogens with one attached hydrogen (secondary N) is 1.